The second kappa shape index (κ2) is 11.1. The van der Waals surface area contributed by atoms with Crippen LogP contribution in [0.2, 0.25) is 0 Å². The van der Waals surface area contributed by atoms with Crippen LogP contribution in [0.3, 0.4) is 0 Å². The van der Waals surface area contributed by atoms with Crippen LogP contribution in [0.1, 0.15) is 64.2 Å². The molecule has 0 aromatic heterocycles. The van der Waals surface area contributed by atoms with Crippen LogP contribution in [0.4, 0.5) is 0 Å². The highest BCUT2D eigenvalue weighted by atomic mass is 35.5. The number of rotatable bonds is 9. The molecule has 0 saturated heterocycles. The first-order chi connectivity index (χ1) is 13.8. The molecule has 2 aliphatic carbocycles. The van der Waals surface area contributed by atoms with Crippen LogP contribution in [0, 0.1) is 0 Å². The lowest BCUT2D eigenvalue weighted by Crippen LogP contribution is -2.57. The molecule has 168 valence electrons. The molecule has 0 spiro atoms. The summed E-state index contributed by atoms with van der Waals surface area (Å²) in [4.78, 5) is 36.2. The fraction of sp³-hybridized carbons (Fsp3) is 0.889. The van der Waals surface area contributed by atoms with Gasteiger partial charge in [0.1, 0.15) is 18.0 Å². The Bertz CT molecular complexity index is 604. The van der Waals surface area contributed by atoms with Crippen molar-refractivity contribution in [3.05, 3.63) is 0 Å². The molecular weight excluding hydrogens is 427 g/mol. The minimum absolute atomic E-state index is 0.368. The lowest BCUT2D eigenvalue weighted by Gasteiger charge is -2.38. The van der Waals surface area contributed by atoms with E-state index in [4.69, 9.17) is 30.6 Å². The van der Waals surface area contributed by atoms with E-state index >= 15 is 0 Å². The lowest BCUT2D eigenvalue weighted by molar-refractivity contribution is -0.186. The van der Waals surface area contributed by atoms with Gasteiger partial charge in [0.15, 0.2) is 0 Å². The normalized spacial score (nSPS) is 24.1. The van der Waals surface area contributed by atoms with Crippen LogP contribution < -0.4 is 0 Å². The number of hydrogen-bond acceptors (Lipinski definition) is 8. The van der Waals surface area contributed by atoms with Crippen LogP contribution in [0.15, 0.2) is 0 Å². The molecule has 1 N–H and O–H groups in total. The number of ether oxygens (including phenoxy) is 3. The fourth-order valence-corrected chi connectivity index (χ4v) is 5.96. The summed E-state index contributed by atoms with van der Waals surface area (Å²) in [6, 6.07) is 0. The summed E-state index contributed by atoms with van der Waals surface area (Å²) in [5.74, 6) is -2.47. The van der Waals surface area contributed by atoms with Crippen LogP contribution >= 0.6 is 19.5 Å². The molecule has 0 amide bonds. The summed E-state index contributed by atoms with van der Waals surface area (Å²) in [7, 11) is -2.87. The number of methoxy groups -OCH3 is 2. The van der Waals surface area contributed by atoms with Crippen molar-refractivity contribution >= 4 is 31.4 Å². The number of carbonyl (C=O) groups is 2. The van der Waals surface area contributed by atoms with Gasteiger partial charge in [0.2, 0.25) is 6.10 Å². The Balaban J connectivity index is 2.32. The van der Waals surface area contributed by atoms with Crippen LogP contribution in [0.5, 0.6) is 0 Å². The van der Waals surface area contributed by atoms with E-state index in [2.05, 4.69) is 4.29 Å². The van der Waals surface area contributed by atoms with E-state index in [0.29, 0.717) is 25.7 Å². The molecule has 0 aromatic carbocycles. The summed E-state index contributed by atoms with van der Waals surface area (Å²) in [6.07, 6.45) is 5.06. The van der Waals surface area contributed by atoms with Gasteiger partial charge in [0.25, 0.3) is 0 Å². The second-order valence-corrected chi connectivity index (χ2v) is 9.53. The number of hydrogen-bond donors (Lipinski definition) is 1. The maximum atomic E-state index is 13.3. The van der Waals surface area contributed by atoms with Crippen molar-refractivity contribution in [2.45, 2.75) is 87.9 Å². The van der Waals surface area contributed by atoms with Crippen LogP contribution in [-0.4, -0.2) is 54.7 Å². The molecule has 0 aliphatic heterocycles. The van der Waals surface area contributed by atoms with Crippen molar-refractivity contribution in [1.82, 2.24) is 0 Å². The SMILES string of the molecule is COC(C(=O)OC1CCCCC1)C(OC)(C(=O)OCl)P(=O)(O)OC1CCCCC1. The van der Waals surface area contributed by atoms with Gasteiger partial charge < -0.3 is 27.9 Å². The maximum absolute atomic E-state index is 13.3. The van der Waals surface area contributed by atoms with E-state index in [1.54, 1.807) is 0 Å². The minimum Gasteiger partial charge on any atom is -0.460 e. The van der Waals surface area contributed by atoms with Crippen molar-refractivity contribution in [2.75, 3.05) is 14.2 Å². The molecule has 3 unspecified atom stereocenters. The van der Waals surface area contributed by atoms with E-state index in [9.17, 15) is 19.0 Å². The third-order valence-electron chi connectivity index (χ3n) is 5.58. The average Bonchev–Trinajstić information content (AvgIpc) is 2.72. The van der Waals surface area contributed by atoms with Gasteiger partial charge in [-0.15, -0.1) is 0 Å². The highest BCUT2D eigenvalue weighted by Gasteiger charge is 2.67. The molecule has 2 aliphatic rings. The molecule has 2 fully saturated rings. The summed E-state index contributed by atoms with van der Waals surface area (Å²) in [5.41, 5.74) is 0. The predicted octanol–water partition coefficient (Wildman–Crippen LogP) is 3.45. The second-order valence-electron chi connectivity index (χ2n) is 7.46. The monoisotopic (exact) mass is 456 g/mol. The summed E-state index contributed by atoms with van der Waals surface area (Å²) in [5, 5.41) is -2.81. The highest BCUT2D eigenvalue weighted by molar-refractivity contribution is 7.55. The molecule has 9 nitrogen and oxygen atoms in total. The Morgan fingerprint density at radius 2 is 1.52 bits per heavy atom. The molecule has 0 bridgehead atoms. The van der Waals surface area contributed by atoms with Crippen molar-refractivity contribution in [2.24, 2.45) is 0 Å². The van der Waals surface area contributed by atoms with Gasteiger partial charge in [-0.3, -0.25) is 4.57 Å². The van der Waals surface area contributed by atoms with Crippen molar-refractivity contribution < 1.29 is 42.1 Å². The topological polar surface area (TPSA) is 118 Å². The molecule has 2 rings (SSSR count). The Morgan fingerprint density at radius 3 is 1.97 bits per heavy atom. The van der Waals surface area contributed by atoms with Gasteiger partial charge in [0.05, 0.1) is 6.10 Å². The smallest absolute Gasteiger partial charge is 0.375 e. The van der Waals surface area contributed by atoms with E-state index in [-0.39, 0.29) is 6.10 Å². The van der Waals surface area contributed by atoms with Gasteiger partial charge in [-0.25, -0.2) is 9.59 Å². The molecule has 29 heavy (non-hydrogen) atoms. The molecule has 0 radical (unpaired) electrons. The summed E-state index contributed by atoms with van der Waals surface area (Å²) in [6.45, 7) is 0. The molecule has 3 atom stereocenters. The van der Waals surface area contributed by atoms with Gasteiger partial charge in [0, 0.05) is 14.2 Å². The number of halogens is 1. The zero-order valence-electron chi connectivity index (χ0n) is 16.8. The summed E-state index contributed by atoms with van der Waals surface area (Å²) < 4.78 is 38.7. The Hall–Kier alpha value is -0.700. The first-order valence-electron chi connectivity index (χ1n) is 9.95. The number of esters is 1. The first kappa shape index (κ1) is 24.6. The average molecular weight is 457 g/mol. The quantitative estimate of drug-likeness (QED) is 0.411. The third-order valence-corrected chi connectivity index (χ3v) is 7.74. The third kappa shape index (κ3) is 5.51. The Kier molecular flexibility index (Phi) is 9.38. The standard InChI is InChI=1S/C18H30ClO9P/c1-24-15(16(20)26-13-9-5-3-6-10-13)18(25-2,17(21)27-19)29(22,23)28-14-11-7-4-8-12-14/h13-15H,3-12H2,1-2H3,(H,22,23). The summed E-state index contributed by atoms with van der Waals surface area (Å²) >= 11 is 5.24. The van der Waals surface area contributed by atoms with Crippen LogP contribution in [0.25, 0.3) is 0 Å². The van der Waals surface area contributed by atoms with E-state index < -0.39 is 37.1 Å². The maximum Gasteiger partial charge on any atom is 0.375 e. The molecule has 0 aromatic rings. The van der Waals surface area contributed by atoms with Crippen molar-refractivity contribution in [1.29, 1.82) is 0 Å². The van der Waals surface area contributed by atoms with Gasteiger partial charge in [-0.2, -0.15) is 0 Å². The van der Waals surface area contributed by atoms with Crippen molar-refractivity contribution in [3.8, 4) is 0 Å². The van der Waals surface area contributed by atoms with E-state index in [0.717, 1.165) is 52.7 Å². The van der Waals surface area contributed by atoms with Crippen LogP contribution in [-0.2, 0) is 37.2 Å². The van der Waals surface area contributed by atoms with E-state index in [1.807, 2.05) is 0 Å². The van der Waals surface area contributed by atoms with Crippen molar-refractivity contribution in [3.63, 3.8) is 0 Å². The molecule has 11 heteroatoms. The van der Waals surface area contributed by atoms with E-state index in [1.165, 1.54) is 0 Å². The highest BCUT2D eigenvalue weighted by Crippen LogP contribution is 2.60. The Morgan fingerprint density at radius 1 is 1.00 bits per heavy atom. The minimum atomic E-state index is -4.96. The zero-order chi connectivity index (χ0) is 21.5. The fourth-order valence-electron chi connectivity index (χ4n) is 4.01. The lowest BCUT2D eigenvalue weighted by atomic mass is 9.98. The van der Waals surface area contributed by atoms with Gasteiger partial charge in [-0.05, 0) is 38.5 Å². The molecular formula is C18H30ClO9P. The molecule has 0 heterocycles. The Labute approximate surface area is 176 Å². The molecule has 2 saturated carbocycles. The zero-order valence-corrected chi connectivity index (χ0v) is 18.5. The number of carbonyl (C=O) groups excluding carboxylic acids is 2. The van der Waals surface area contributed by atoms with Gasteiger partial charge in [-0.1, -0.05) is 25.7 Å². The largest absolute Gasteiger partial charge is 0.460 e. The van der Waals surface area contributed by atoms with Gasteiger partial charge >= 0.3 is 24.9 Å². The predicted molar refractivity (Wildman–Crippen MR) is 103 cm³/mol. The first-order valence-corrected chi connectivity index (χ1v) is 11.8.